The number of hydrogen-bond donors (Lipinski definition) is 2. The third-order valence-electron chi connectivity index (χ3n) is 2.65. The molecule has 98 valence electrons. The largest absolute Gasteiger partial charge is 0.465 e. The first kappa shape index (κ1) is 12.7. The molecule has 2 N–H and O–H groups in total. The topological polar surface area (TPSA) is 102 Å². The molecule has 18 heavy (non-hydrogen) atoms. The summed E-state index contributed by atoms with van der Waals surface area (Å²) in [5.74, 6) is 0.411. The lowest BCUT2D eigenvalue weighted by atomic mass is 10.1. The molecule has 0 radical (unpaired) electrons. The van der Waals surface area contributed by atoms with E-state index in [1.807, 2.05) is 0 Å². The first-order valence-electron chi connectivity index (χ1n) is 5.45. The van der Waals surface area contributed by atoms with Gasteiger partial charge < -0.3 is 19.7 Å². The molecule has 0 saturated carbocycles. The van der Waals surface area contributed by atoms with E-state index >= 15 is 0 Å². The van der Waals surface area contributed by atoms with Crippen LogP contribution >= 0.6 is 0 Å². The highest BCUT2D eigenvalue weighted by Gasteiger charge is 2.29. The van der Waals surface area contributed by atoms with Crippen molar-refractivity contribution < 1.29 is 24.6 Å². The first-order valence-corrected chi connectivity index (χ1v) is 5.45. The van der Waals surface area contributed by atoms with Gasteiger partial charge in [0, 0.05) is 18.6 Å². The lowest BCUT2D eigenvalue weighted by Gasteiger charge is -2.30. The van der Waals surface area contributed by atoms with E-state index in [-0.39, 0.29) is 18.7 Å². The van der Waals surface area contributed by atoms with Crippen LogP contribution in [-0.2, 0) is 4.74 Å². The Hall–Kier alpha value is -1.70. The van der Waals surface area contributed by atoms with Gasteiger partial charge in [-0.3, -0.25) is 10.1 Å². The van der Waals surface area contributed by atoms with E-state index in [4.69, 9.17) is 9.47 Å². The van der Waals surface area contributed by atoms with Crippen molar-refractivity contribution in [1.29, 1.82) is 0 Å². The molecule has 0 bridgehead atoms. The van der Waals surface area contributed by atoms with Crippen molar-refractivity contribution >= 4 is 5.69 Å². The average Bonchev–Trinajstić information content (AvgIpc) is 2.34. The van der Waals surface area contributed by atoms with E-state index in [1.165, 1.54) is 24.3 Å². The van der Waals surface area contributed by atoms with E-state index in [0.717, 1.165) is 0 Å². The predicted molar refractivity (Wildman–Crippen MR) is 60.1 cm³/mol. The lowest BCUT2D eigenvalue weighted by Crippen LogP contribution is -2.43. The third-order valence-corrected chi connectivity index (χ3v) is 2.65. The van der Waals surface area contributed by atoms with Gasteiger partial charge in [0.2, 0.25) is 6.29 Å². The van der Waals surface area contributed by atoms with Crippen LogP contribution in [0.1, 0.15) is 6.42 Å². The minimum Gasteiger partial charge on any atom is -0.465 e. The summed E-state index contributed by atoms with van der Waals surface area (Å²) in [5, 5.41) is 29.2. The Morgan fingerprint density at radius 1 is 1.28 bits per heavy atom. The highest BCUT2D eigenvalue weighted by Crippen LogP contribution is 2.22. The summed E-state index contributed by atoms with van der Waals surface area (Å²) in [5.41, 5.74) is -0.0256. The molecule has 1 aliphatic rings. The second kappa shape index (κ2) is 5.30. The zero-order chi connectivity index (χ0) is 13.1. The Morgan fingerprint density at radius 2 is 1.94 bits per heavy atom. The summed E-state index contributed by atoms with van der Waals surface area (Å²) in [6, 6.07) is 5.56. The molecule has 0 amide bonds. The van der Waals surface area contributed by atoms with Crippen LogP contribution in [-0.4, -0.2) is 40.2 Å². The molecule has 3 atom stereocenters. The van der Waals surface area contributed by atoms with E-state index in [2.05, 4.69) is 0 Å². The van der Waals surface area contributed by atoms with Gasteiger partial charge in [0.05, 0.1) is 17.6 Å². The molecule has 7 nitrogen and oxygen atoms in total. The summed E-state index contributed by atoms with van der Waals surface area (Å²) in [7, 11) is 0. The van der Waals surface area contributed by atoms with Crippen molar-refractivity contribution in [1.82, 2.24) is 0 Å². The van der Waals surface area contributed by atoms with Gasteiger partial charge >= 0.3 is 0 Å². The highest BCUT2D eigenvalue weighted by molar-refractivity contribution is 5.36. The van der Waals surface area contributed by atoms with Crippen LogP contribution in [0.4, 0.5) is 5.69 Å². The van der Waals surface area contributed by atoms with Gasteiger partial charge in [-0.15, -0.1) is 0 Å². The van der Waals surface area contributed by atoms with Crippen LogP contribution in [0.5, 0.6) is 5.75 Å². The van der Waals surface area contributed by atoms with Crippen molar-refractivity contribution in [3.63, 3.8) is 0 Å². The molecule has 0 spiro atoms. The van der Waals surface area contributed by atoms with E-state index < -0.39 is 23.4 Å². The SMILES string of the molecule is O=[N+]([O-])c1ccc(O[C@H]2C[C@@H](O)[C@H](O)CO2)cc1. The first-order chi connectivity index (χ1) is 8.56. The number of nitro groups is 1. The summed E-state index contributed by atoms with van der Waals surface area (Å²) in [4.78, 5) is 9.96. The maximum atomic E-state index is 10.5. The fraction of sp³-hybridized carbons (Fsp3) is 0.455. The third kappa shape index (κ3) is 2.95. The highest BCUT2D eigenvalue weighted by atomic mass is 16.7. The fourth-order valence-corrected chi connectivity index (χ4v) is 1.62. The smallest absolute Gasteiger partial charge is 0.269 e. The molecular weight excluding hydrogens is 242 g/mol. The number of rotatable bonds is 3. The molecule has 1 saturated heterocycles. The molecule has 0 unspecified atom stereocenters. The predicted octanol–water partition coefficient (Wildman–Crippen LogP) is 0.442. The van der Waals surface area contributed by atoms with Crippen LogP contribution in [0, 0.1) is 10.1 Å². The maximum Gasteiger partial charge on any atom is 0.269 e. The molecule has 0 aliphatic carbocycles. The number of aliphatic hydroxyl groups excluding tert-OH is 2. The van der Waals surface area contributed by atoms with Crippen molar-refractivity contribution in [2.45, 2.75) is 24.9 Å². The second-order valence-electron chi connectivity index (χ2n) is 4.00. The number of ether oxygens (including phenoxy) is 2. The van der Waals surface area contributed by atoms with Crippen LogP contribution in [0.15, 0.2) is 24.3 Å². The maximum absolute atomic E-state index is 10.5. The fourth-order valence-electron chi connectivity index (χ4n) is 1.62. The Labute approximate surface area is 103 Å². The van der Waals surface area contributed by atoms with E-state index in [9.17, 15) is 20.3 Å². The minimum atomic E-state index is -0.901. The second-order valence-corrected chi connectivity index (χ2v) is 4.00. The monoisotopic (exact) mass is 255 g/mol. The van der Waals surface area contributed by atoms with Crippen LogP contribution in [0.3, 0.4) is 0 Å². The van der Waals surface area contributed by atoms with Crippen LogP contribution < -0.4 is 4.74 Å². The number of benzene rings is 1. The van der Waals surface area contributed by atoms with Gasteiger partial charge in [0.1, 0.15) is 11.9 Å². The summed E-state index contributed by atoms with van der Waals surface area (Å²) >= 11 is 0. The van der Waals surface area contributed by atoms with E-state index in [0.29, 0.717) is 5.75 Å². The minimum absolute atomic E-state index is 0.00118. The molecular formula is C11H13NO6. The Morgan fingerprint density at radius 3 is 2.50 bits per heavy atom. The zero-order valence-corrected chi connectivity index (χ0v) is 9.43. The van der Waals surface area contributed by atoms with Gasteiger partial charge in [-0.2, -0.15) is 0 Å². The molecule has 1 fully saturated rings. The van der Waals surface area contributed by atoms with Crippen molar-refractivity contribution in [2.75, 3.05) is 6.61 Å². The van der Waals surface area contributed by atoms with Gasteiger partial charge in [-0.05, 0) is 12.1 Å². The molecule has 1 aromatic rings. The molecule has 7 heteroatoms. The van der Waals surface area contributed by atoms with Gasteiger partial charge in [-0.1, -0.05) is 0 Å². The number of aliphatic hydroxyl groups is 2. The molecule has 1 aromatic carbocycles. The summed E-state index contributed by atoms with van der Waals surface area (Å²) < 4.78 is 10.6. The number of hydrogen-bond acceptors (Lipinski definition) is 6. The van der Waals surface area contributed by atoms with Gasteiger partial charge in [-0.25, -0.2) is 0 Å². The molecule has 1 heterocycles. The van der Waals surface area contributed by atoms with Gasteiger partial charge in [0.25, 0.3) is 5.69 Å². The molecule has 0 aromatic heterocycles. The standard InChI is InChI=1S/C11H13NO6/c13-9-5-11(17-6-10(9)14)18-8-3-1-7(2-4-8)12(15)16/h1-4,9-11,13-14H,5-6H2/t9-,10-,11+/m1/s1. The van der Waals surface area contributed by atoms with Crippen molar-refractivity contribution in [3.05, 3.63) is 34.4 Å². The number of non-ortho nitro benzene ring substituents is 1. The summed E-state index contributed by atoms with van der Waals surface area (Å²) in [6.45, 7) is -0.00118. The number of nitro benzene ring substituents is 1. The lowest BCUT2D eigenvalue weighted by molar-refractivity contribution is -0.384. The molecule has 1 aliphatic heterocycles. The zero-order valence-electron chi connectivity index (χ0n) is 9.43. The van der Waals surface area contributed by atoms with Crippen molar-refractivity contribution in [3.8, 4) is 5.75 Å². The van der Waals surface area contributed by atoms with Crippen LogP contribution in [0.25, 0.3) is 0 Å². The quantitative estimate of drug-likeness (QED) is 0.600. The average molecular weight is 255 g/mol. The normalized spacial score (nSPS) is 27.8. The summed E-state index contributed by atoms with van der Waals surface area (Å²) in [6.07, 6.45) is -2.30. The Kier molecular flexibility index (Phi) is 3.75. The molecule has 2 rings (SSSR count). The van der Waals surface area contributed by atoms with Crippen LogP contribution in [0.2, 0.25) is 0 Å². The van der Waals surface area contributed by atoms with E-state index in [1.54, 1.807) is 0 Å². The number of nitrogens with zero attached hydrogens (tertiary/aromatic N) is 1. The Bertz CT molecular complexity index is 420. The van der Waals surface area contributed by atoms with Crippen molar-refractivity contribution in [2.24, 2.45) is 0 Å². The van der Waals surface area contributed by atoms with Gasteiger partial charge in [0.15, 0.2) is 0 Å². The Balaban J connectivity index is 1.95.